The second-order valence-corrected chi connectivity index (χ2v) is 4.89. The largest absolute Gasteiger partial charge is 0.416 e. The van der Waals surface area contributed by atoms with E-state index in [-0.39, 0.29) is 17.1 Å². The van der Waals surface area contributed by atoms with Crippen molar-refractivity contribution >= 4 is 11.6 Å². The van der Waals surface area contributed by atoms with Gasteiger partial charge in [-0.25, -0.2) is 0 Å². The van der Waals surface area contributed by atoms with Gasteiger partial charge < -0.3 is 15.2 Å². The normalized spacial score (nSPS) is 15.7. The van der Waals surface area contributed by atoms with Gasteiger partial charge in [0.2, 0.25) is 0 Å². The van der Waals surface area contributed by atoms with Crippen molar-refractivity contribution < 1.29 is 17.7 Å². The quantitative estimate of drug-likeness (QED) is 0.863. The Morgan fingerprint density at radius 1 is 1.19 bits per heavy atom. The first-order valence-corrected chi connectivity index (χ1v) is 6.51. The Hall–Kier alpha value is -2.25. The molecule has 1 aromatic heterocycles. The van der Waals surface area contributed by atoms with Gasteiger partial charge in [0.15, 0.2) is 0 Å². The maximum Gasteiger partial charge on any atom is 0.416 e. The van der Waals surface area contributed by atoms with Crippen LogP contribution in [0.2, 0.25) is 0 Å². The molecule has 21 heavy (non-hydrogen) atoms. The highest BCUT2D eigenvalue weighted by molar-refractivity contribution is 5.71. The molecule has 0 saturated carbocycles. The number of rotatable bonds is 2. The van der Waals surface area contributed by atoms with Crippen LogP contribution < -0.4 is 10.6 Å². The number of nitrogens with zero attached hydrogens (tertiary/aromatic N) is 3. The standard InChI is InChI=1S/C13H13F3N4O/c14-13(15,16)8-3-4-10(17)9(7-8)11-18-12(19-21-11)20-5-1-2-6-20/h3-4,7H,1-2,5-6,17H2. The number of nitrogens with two attached hydrogens (primary N) is 1. The minimum atomic E-state index is -4.44. The summed E-state index contributed by atoms with van der Waals surface area (Å²) in [6, 6.07) is 3.05. The highest BCUT2D eigenvalue weighted by Crippen LogP contribution is 2.35. The SMILES string of the molecule is Nc1ccc(C(F)(F)F)cc1-c1nc(N2CCCC2)no1. The summed E-state index contributed by atoms with van der Waals surface area (Å²) in [6.07, 6.45) is -2.37. The summed E-state index contributed by atoms with van der Waals surface area (Å²) in [5, 5.41) is 3.81. The van der Waals surface area contributed by atoms with Crippen molar-refractivity contribution in [2.45, 2.75) is 19.0 Å². The number of benzene rings is 1. The molecule has 0 atom stereocenters. The molecule has 2 aromatic rings. The molecule has 5 nitrogen and oxygen atoms in total. The van der Waals surface area contributed by atoms with E-state index >= 15 is 0 Å². The van der Waals surface area contributed by atoms with E-state index in [4.69, 9.17) is 10.3 Å². The third-order valence-corrected chi connectivity index (χ3v) is 3.42. The van der Waals surface area contributed by atoms with E-state index in [2.05, 4.69) is 10.1 Å². The van der Waals surface area contributed by atoms with Crippen LogP contribution >= 0.6 is 0 Å². The van der Waals surface area contributed by atoms with Crippen molar-refractivity contribution in [1.82, 2.24) is 10.1 Å². The van der Waals surface area contributed by atoms with Gasteiger partial charge in [-0.05, 0) is 36.2 Å². The van der Waals surface area contributed by atoms with Gasteiger partial charge in [0.05, 0.1) is 11.1 Å². The summed E-state index contributed by atoms with van der Waals surface area (Å²) >= 11 is 0. The third-order valence-electron chi connectivity index (χ3n) is 3.42. The lowest BCUT2D eigenvalue weighted by Gasteiger charge is -2.10. The highest BCUT2D eigenvalue weighted by Gasteiger charge is 2.31. The second kappa shape index (κ2) is 4.94. The molecule has 1 fully saturated rings. The Kier molecular flexibility index (Phi) is 3.23. The summed E-state index contributed by atoms with van der Waals surface area (Å²) in [7, 11) is 0. The molecule has 2 heterocycles. The Bertz CT molecular complexity index is 647. The predicted octanol–water partition coefficient (Wildman–Crippen LogP) is 2.94. The van der Waals surface area contributed by atoms with Crippen molar-refractivity contribution in [3.05, 3.63) is 23.8 Å². The van der Waals surface area contributed by atoms with Crippen LogP contribution in [-0.4, -0.2) is 23.2 Å². The molecule has 0 unspecified atom stereocenters. The predicted molar refractivity (Wildman–Crippen MR) is 70.6 cm³/mol. The minimum Gasteiger partial charge on any atom is -0.398 e. The molecule has 2 N–H and O–H groups in total. The Morgan fingerprint density at radius 3 is 2.57 bits per heavy atom. The Balaban J connectivity index is 1.96. The van der Waals surface area contributed by atoms with Crippen LogP contribution in [0.15, 0.2) is 22.7 Å². The first-order valence-electron chi connectivity index (χ1n) is 6.51. The molecular formula is C13H13F3N4O. The Labute approximate surface area is 118 Å². The van der Waals surface area contributed by atoms with Gasteiger partial charge in [-0.2, -0.15) is 18.2 Å². The van der Waals surface area contributed by atoms with Crippen molar-refractivity contribution in [2.24, 2.45) is 0 Å². The van der Waals surface area contributed by atoms with Crippen molar-refractivity contribution in [2.75, 3.05) is 23.7 Å². The van der Waals surface area contributed by atoms with Gasteiger partial charge in [0.25, 0.3) is 11.8 Å². The topological polar surface area (TPSA) is 68.2 Å². The molecule has 1 aromatic carbocycles. The fraction of sp³-hybridized carbons (Fsp3) is 0.385. The molecule has 0 aliphatic carbocycles. The molecular weight excluding hydrogens is 285 g/mol. The minimum absolute atomic E-state index is 0.000463. The zero-order valence-corrected chi connectivity index (χ0v) is 11.0. The maximum atomic E-state index is 12.8. The van der Waals surface area contributed by atoms with Crippen molar-refractivity contribution in [3.8, 4) is 11.5 Å². The van der Waals surface area contributed by atoms with E-state index < -0.39 is 11.7 Å². The van der Waals surface area contributed by atoms with Crippen LogP contribution in [0, 0.1) is 0 Å². The molecule has 112 valence electrons. The van der Waals surface area contributed by atoms with Crippen LogP contribution in [0.1, 0.15) is 18.4 Å². The van der Waals surface area contributed by atoms with Crippen LogP contribution in [0.3, 0.4) is 0 Å². The molecule has 0 amide bonds. The van der Waals surface area contributed by atoms with E-state index in [0.29, 0.717) is 5.95 Å². The number of anilines is 2. The van der Waals surface area contributed by atoms with E-state index in [9.17, 15) is 13.2 Å². The molecule has 3 rings (SSSR count). The molecule has 0 spiro atoms. The monoisotopic (exact) mass is 298 g/mol. The van der Waals surface area contributed by atoms with Crippen molar-refractivity contribution in [1.29, 1.82) is 0 Å². The highest BCUT2D eigenvalue weighted by atomic mass is 19.4. The van der Waals surface area contributed by atoms with Gasteiger partial charge in [-0.1, -0.05) is 0 Å². The summed E-state index contributed by atoms with van der Waals surface area (Å²) in [5.74, 6) is 0.389. The third kappa shape index (κ3) is 2.65. The smallest absolute Gasteiger partial charge is 0.398 e. The lowest BCUT2D eigenvalue weighted by molar-refractivity contribution is -0.137. The van der Waals surface area contributed by atoms with Crippen LogP contribution in [-0.2, 0) is 6.18 Å². The molecule has 1 aliphatic heterocycles. The summed E-state index contributed by atoms with van der Waals surface area (Å²) in [4.78, 5) is 6.07. The fourth-order valence-corrected chi connectivity index (χ4v) is 2.29. The summed E-state index contributed by atoms with van der Waals surface area (Å²) in [5.41, 5.74) is 5.19. The first-order chi connectivity index (χ1) is 9.95. The van der Waals surface area contributed by atoms with E-state index in [1.807, 2.05) is 4.90 Å². The summed E-state index contributed by atoms with van der Waals surface area (Å²) < 4.78 is 43.3. The first kappa shape index (κ1) is 13.7. The number of hydrogen-bond donors (Lipinski definition) is 1. The zero-order chi connectivity index (χ0) is 15.0. The molecule has 0 radical (unpaired) electrons. The molecule has 1 aliphatic rings. The zero-order valence-electron chi connectivity index (χ0n) is 11.0. The fourth-order valence-electron chi connectivity index (χ4n) is 2.29. The molecule has 8 heteroatoms. The summed E-state index contributed by atoms with van der Waals surface area (Å²) in [6.45, 7) is 1.63. The maximum absolute atomic E-state index is 12.8. The average molecular weight is 298 g/mol. The molecule has 0 bridgehead atoms. The van der Waals surface area contributed by atoms with Crippen molar-refractivity contribution in [3.63, 3.8) is 0 Å². The number of halogens is 3. The van der Waals surface area contributed by atoms with Gasteiger partial charge in [0, 0.05) is 18.8 Å². The number of hydrogen-bond acceptors (Lipinski definition) is 5. The van der Waals surface area contributed by atoms with E-state index in [1.54, 1.807) is 0 Å². The van der Waals surface area contributed by atoms with Crippen LogP contribution in [0.5, 0.6) is 0 Å². The van der Waals surface area contributed by atoms with Crippen LogP contribution in [0.4, 0.5) is 24.8 Å². The average Bonchev–Trinajstić information content (AvgIpc) is 3.09. The molecule has 1 saturated heterocycles. The van der Waals surface area contributed by atoms with Gasteiger partial charge >= 0.3 is 6.18 Å². The lowest BCUT2D eigenvalue weighted by Crippen LogP contribution is -2.18. The van der Waals surface area contributed by atoms with Crippen LogP contribution in [0.25, 0.3) is 11.5 Å². The van der Waals surface area contributed by atoms with Gasteiger partial charge in [0.1, 0.15) is 0 Å². The second-order valence-electron chi connectivity index (χ2n) is 4.89. The number of nitrogen functional groups attached to an aromatic ring is 1. The van der Waals surface area contributed by atoms with Gasteiger partial charge in [-0.3, -0.25) is 0 Å². The van der Waals surface area contributed by atoms with E-state index in [0.717, 1.165) is 38.1 Å². The number of aromatic nitrogens is 2. The Morgan fingerprint density at radius 2 is 1.90 bits per heavy atom. The van der Waals surface area contributed by atoms with E-state index in [1.165, 1.54) is 6.07 Å². The lowest BCUT2D eigenvalue weighted by atomic mass is 10.1. The number of alkyl halides is 3. The van der Waals surface area contributed by atoms with Gasteiger partial charge in [-0.15, -0.1) is 0 Å².